The Labute approximate surface area is 135 Å². The first-order valence-electron chi connectivity index (χ1n) is 7.71. The molecule has 3 aromatic rings. The average Bonchev–Trinajstić information content (AvgIpc) is 2.56. The highest BCUT2D eigenvalue weighted by molar-refractivity contribution is 5.87. The van der Waals surface area contributed by atoms with Gasteiger partial charge in [0.1, 0.15) is 11.5 Å². The lowest BCUT2D eigenvalue weighted by atomic mass is 10.0. The smallest absolute Gasteiger partial charge is 0.216 e. The Hall–Kier alpha value is -2.81. The van der Waals surface area contributed by atoms with Crippen LogP contribution in [0.3, 0.4) is 0 Å². The van der Waals surface area contributed by atoms with Crippen LogP contribution in [0, 0.1) is 0 Å². The molecule has 0 saturated carbocycles. The summed E-state index contributed by atoms with van der Waals surface area (Å²) in [5.74, 6) is 1.64. The van der Waals surface area contributed by atoms with Crippen molar-refractivity contribution in [3.8, 4) is 11.5 Å². The van der Waals surface area contributed by atoms with E-state index in [1.165, 1.54) is 17.9 Å². The zero-order valence-corrected chi connectivity index (χ0v) is 13.1. The fraction of sp³-hybridized carbons (Fsp3) is 0.150. The molecule has 3 nitrogen and oxygen atoms in total. The fourth-order valence-corrected chi connectivity index (χ4v) is 2.60. The van der Waals surface area contributed by atoms with Crippen LogP contribution >= 0.6 is 0 Å². The molecule has 0 fully saturated rings. The molecule has 1 amide bonds. The Bertz CT molecular complexity index is 812. The van der Waals surface area contributed by atoms with Crippen LogP contribution < -0.4 is 10.1 Å². The van der Waals surface area contributed by atoms with Crippen molar-refractivity contribution in [2.45, 2.75) is 13.3 Å². The summed E-state index contributed by atoms with van der Waals surface area (Å²) in [5.41, 5.74) is 1.20. The van der Waals surface area contributed by atoms with Gasteiger partial charge < -0.3 is 10.1 Å². The highest BCUT2D eigenvalue weighted by atomic mass is 16.5. The molecule has 0 spiro atoms. The number of carbonyl (C=O) groups is 1. The zero-order chi connectivity index (χ0) is 16.1. The quantitative estimate of drug-likeness (QED) is 0.762. The van der Waals surface area contributed by atoms with E-state index in [1.54, 1.807) is 0 Å². The Morgan fingerprint density at radius 2 is 1.78 bits per heavy atom. The number of para-hydroxylation sites is 1. The number of rotatable bonds is 5. The molecular weight excluding hydrogens is 286 g/mol. The number of fused-ring (bicyclic) bond motifs is 1. The van der Waals surface area contributed by atoms with Crippen LogP contribution in [0.4, 0.5) is 0 Å². The van der Waals surface area contributed by atoms with E-state index in [-0.39, 0.29) is 5.91 Å². The maximum absolute atomic E-state index is 11.0. The van der Waals surface area contributed by atoms with E-state index in [4.69, 9.17) is 4.74 Å². The summed E-state index contributed by atoms with van der Waals surface area (Å²) in [7, 11) is 0. The fourth-order valence-electron chi connectivity index (χ4n) is 2.60. The van der Waals surface area contributed by atoms with Gasteiger partial charge >= 0.3 is 0 Å². The number of hydrogen-bond donors (Lipinski definition) is 1. The second-order valence-corrected chi connectivity index (χ2v) is 5.45. The minimum atomic E-state index is -0.00154. The van der Waals surface area contributed by atoms with E-state index in [0.717, 1.165) is 23.3 Å². The highest BCUT2D eigenvalue weighted by Crippen LogP contribution is 2.27. The summed E-state index contributed by atoms with van der Waals surface area (Å²) < 4.78 is 5.91. The molecule has 23 heavy (non-hydrogen) atoms. The van der Waals surface area contributed by atoms with Crippen LogP contribution in [-0.2, 0) is 11.2 Å². The van der Waals surface area contributed by atoms with Gasteiger partial charge in [0.15, 0.2) is 0 Å². The zero-order valence-electron chi connectivity index (χ0n) is 13.1. The molecule has 0 saturated heterocycles. The number of hydrogen-bond acceptors (Lipinski definition) is 2. The summed E-state index contributed by atoms with van der Waals surface area (Å²) in [5, 5.41) is 5.17. The third-order valence-electron chi connectivity index (χ3n) is 3.69. The number of ether oxygens (including phenoxy) is 1. The predicted octanol–water partition coefficient (Wildman–Crippen LogP) is 4.31. The predicted molar refractivity (Wildman–Crippen MR) is 92.9 cm³/mol. The Kier molecular flexibility index (Phi) is 4.57. The van der Waals surface area contributed by atoms with E-state index in [9.17, 15) is 4.79 Å². The normalized spacial score (nSPS) is 10.5. The lowest BCUT2D eigenvalue weighted by Gasteiger charge is -2.10. The van der Waals surface area contributed by atoms with E-state index in [2.05, 4.69) is 29.6 Å². The number of carbonyl (C=O) groups excluding carboxylic acids is 1. The standard InChI is InChI=1S/C20H19NO2/c1-15(22)21-13-12-17-7-5-6-16-10-11-19(14-20(16)17)23-18-8-3-2-4-9-18/h2-11,14H,12-13H2,1H3,(H,21,22). The van der Waals surface area contributed by atoms with Gasteiger partial charge in [0.25, 0.3) is 0 Å². The van der Waals surface area contributed by atoms with E-state index < -0.39 is 0 Å². The molecular formula is C20H19NO2. The largest absolute Gasteiger partial charge is 0.457 e. The van der Waals surface area contributed by atoms with Gasteiger partial charge in [0.05, 0.1) is 0 Å². The average molecular weight is 305 g/mol. The summed E-state index contributed by atoms with van der Waals surface area (Å²) in [4.78, 5) is 11.0. The van der Waals surface area contributed by atoms with Gasteiger partial charge in [-0.1, -0.05) is 42.5 Å². The first-order chi connectivity index (χ1) is 11.2. The summed E-state index contributed by atoms with van der Waals surface area (Å²) in [6.07, 6.45) is 0.797. The van der Waals surface area contributed by atoms with Crippen molar-refractivity contribution in [1.82, 2.24) is 5.32 Å². The van der Waals surface area contributed by atoms with Crippen molar-refractivity contribution in [2.75, 3.05) is 6.54 Å². The molecule has 0 aliphatic rings. The molecule has 116 valence electrons. The summed E-state index contributed by atoms with van der Waals surface area (Å²) >= 11 is 0. The topological polar surface area (TPSA) is 38.3 Å². The molecule has 0 radical (unpaired) electrons. The molecule has 0 aliphatic carbocycles. The number of nitrogens with one attached hydrogen (secondary N) is 1. The van der Waals surface area contributed by atoms with Gasteiger partial charge in [-0.15, -0.1) is 0 Å². The third-order valence-corrected chi connectivity index (χ3v) is 3.69. The maximum atomic E-state index is 11.0. The second kappa shape index (κ2) is 6.97. The molecule has 0 unspecified atom stereocenters. The van der Waals surface area contributed by atoms with Gasteiger partial charge in [0.2, 0.25) is 5.91 Å². The van der Waals surface area contributed by atoms with Crippen LogP contribution in [-0.4, -0.2) is 12.5 Å². The van der Waals surface area contributed by atoms with Crippen LogP contribution in [0.25, 0.3) is 10.8 Å². The minimum Gasteiger partial charge on any atom is -0.457 e. The molecule has 0 atom stereocenters. The molecule has 0 aliphatic heterocycles. The molecule has 3 aromatic carbocycles. The minimum absolute atomic E-state index is 0.00154. The first kappa shape index (κ1) is 15.1. The highest BCUT2D eigenvalue weighted by Gasteiger charge is 2.04. The van der Waals surface area contributed by atoms with Gasteiger partial charge in [0, 0.05) is 13.5 Å². The Balaban J connectivity index is 1.86. The number of amides is 1. The van der Waals surface area contributed by atoms with Crippen LogP contribution in [0.15, 0.2) is 66.7 Å². The molecule has 0 bridgehead atoms. The van der Waals surface area contributed by atoms with Crippen molar-refractivity contribution < 1.29 is 9.53 Å². The Morgan fingerprint density at radius 3 is 2.57 bits per heavy atom. The molecule has 1 N–H and O–H groups in total. The summed E-state index contributed by atoms with van der Waals surface area (Å²) in [6, 6.07) is 22.1. The molecule has 0 heterocycles. The third kappa shape index (κ3) is 3.89. The van der Waals surface area contributed by atoms with Crippen molar-refractivity contribution in [3.63, 3.8) is 0 Å². The summed E-state index contributed by atoms with van der Waals surface area (Å²) in [6.45, 7) is 2.17. The van der Waals surface area contributed by atoms with Gasteiger partial charge in [-0.05, 0) is 47.0 Å². The van der Waals surface area contributed by atoms with E-state index in [0.29, 0.717) is 6.54 Å². The first-order valence-corrected chi connectivity index (χ1v) is 7.71. The molecule has 0 aromatic heterocycles. The van der Waals surface area contributed by atoms with Crippen molar-refractivity contribution >= 4 is 16.7 Å². The van der Waals surface area contributed by atoms with Crippen LogP contribution in [0.5, 0.6) is 11.5 Å². The molecule has 3 rings (SSSR count). The van der Waals surface area contributed by atoms with Gasteiger partial charge in [-0.2, -0.15) is 0 Å². The maximum Gasteiger partial charge on any atom is 0.216 e. The number of benzene rings is 3. The van der Waals surface area contributed by atoms with Gasteiger partial charge in [-0.25, -0.2) is 0 Å². The lowest BCUT2D eigenvalue weighted by Crippen LogP contribution is -2.22. The lowest BCUT2D eigenvalue weighted by molar-refractivity contribution is -0.118. The monoisotopic (exact) mass is 305 g/mol. The van der Waals surface area contributed by atoms with Crippen LogP contribution in [0.1, 0.15) is 12.5 Å². The molecule has 3 heteroatoms. The van der Waals surface area contributed by atoms with Crippen LogP contribution in [0.2, 0.25) is 0 Å². The second-order valence-electron chi connectivity index (χ2n) is 5.45. The van der Waals surface area contributed by atoms with Crippen molar-refractivity contribution in [1.29, 1.82) is 0 Å². The SMILES string of the molecule is CC(=O)NCCc1cccc2ccc(Oc3ccccc3)cc12. The van der Waals surface area contributed by atoms with E-state index >= 15 is 0 Å². The van der Waals surface area contributed by atoms with Crippen molar-refractivity contribution in [3.05, 3.63) is 72.3 Å². The Morgan fingerprint density at radius 1 is 0.957 bits per heavy atom. The van der Waals surface area contributed by atoms with Crippen molar-refractivity contribution in [2.24, 2.45) is 0 Å². The van der Waals surface area contributed by atoms with E-state index in [1.807, 2.05) is 42.5 Å². The van der Waals surface area contributed by atoms with Gasteiger partial charge in [-0.3, -0.25) is 4.79 Å².